The number of methoxy groups -OCH3 is 1. The van der Waals surface area contributed by atoms with Crippen LogP contribution in [0.1, 0.15) is 65.7 Å². The maximum absolute atomic E-state index is 11.5. The third-order valence-electron chi connectivity index (χ3n) is 2.95. The predicted octanol–water partition coefficient (Wildman–Crippen LogP) is 3.95. The van der Waals surface area contributed by atoms with Gasteiger partial charge in [-0.1, -0.05) is 26.7 Å². The van der Waals surface area contributed by atoms with Crippen LogP contribution in [0.3, 0.4) is 0 Å². The lowest BCUT2D eigenvalue weighted by molar-refractivity contribution is -0.148. The van der Waals surface area contributed by atoms with Gasteiger partial charge in [-0.05, 0) is 38.5 Å². The average molecular weight is 258 g/mol. The second-order valence-electron chi connectivity index (χ2n) is 5.43. The summed E-state index contributed by atoms with van der Waals surface area (Å²) < 4.78 is 10.3. The van der Waals surface area contributed by atoms with Crippen LogP contribution in [0.2, 0.25) is 0 Å². The number of carbonyl (C=O) groups excluding carboxylic acids is 1. The zero-order valence-electron chi connectivity index (χ0n) is 12.5. The van der Waals surface area contributed by atoms with Gasteiger partial charge in [0.05, 0.1) is 6.10 Å². The van der Waals surface area contributed by atoms with Gasteiger partial charge < -0.3 is 9.47 Å². The van der Waals surface area contributed by atoms with Gasteiger partial charge in [0.2, 0.25) is 0 Å². The van der Waals surface area contributed by atoms with Crippen LogP contribution in [-0.4, -0.2) is 25.8 Å². The Morgan fingerprint density at radius 1 is 1.00 bits per heavy atom. The first kappa shape index (κ1) is 17.4. The van der Waals surface area contributed by atoms with E-state index in [1.54, 1.807) is 7.11 Å². The first-order valence-corrected chi connectivity index (χ1v) is 7.24. The molecule has 18 heavy (non-hydrogen) atoms. The van der Waals surface area contributed by atoms with Gasteiger partial charge in [0.25, 0.3) is 0 Å². The SMILES string of the molecule is COCCCCCC(=O)OC(C)CCCC(C)C. The van der Waals surface area contributed by atoms with E-state index in [-0.39, 0.29) is 12.1 Å². The molecule has 0 aromatic rings. The Balaban J connectivity index is 3.43. The molecule has 0 aromatic carbocycles. The molecule has 0 bridgehead atoms. The van der Waals surface area contributed by atoms with Crippen molar-refractivity contribution >= 4 is 5.97 Å². The van der Waals surface area contributed by atoms with Gasteiger partial charge in [-0.3, -0.25) is 4.79 Å². The lowest BCUT2D eigenvalue weighted by Crippen LogP contribution is -2.14. The topological polar surface area (TPSA) is 35.5 Å². The van der Waals surface area contributed by atoms with Crippen LogP contribution in [0.25, 0.3) is 0 Å². The molecule has 0 radical (unpaired) electrons. The van der Waals surface area contributed by atoms with Crippen LogP contribution in [-0.2, 0) is 14.3 Å². The largest absolute Gasteiger partial charge is 0.463 e. The van der Waals surface area contributed by atoms with E-state index in [2.05, 4.69) is 13.8 Å². The lowest BCUT2D eigenvalue weighted by atomic mass is 10.0. The molecule has 108 valence electrons. The van der Waals surface area contributed by atoms with Crippen molar-refractivity contribution in [2.75, 3.05) is 13.7 Å². The van der Waals surface area contributed by atoms with E-state index in [0.29, 0.717) is 6.42 Å². The average Bonchev–Trinajstić information content (AvgIpc) is 2.28. The van der Waals surface area contributed by atoms with Crippen LogP contribution >= 0.6 is 0 Å². The van der Waals surface area contributed by atoms with Crippen LogP contribution in [0.15, 0.2) is 0 Å². The van der Waals surface area contributed by atoms with Gasteiger partial charge in [-0.25, -0.2) is 0 Å². The number of unbranched alkanes of at least 4 members (excludes halogenated alkanes) is 2. The van der Waals surface area contributed by atoms with Gasteiger partial charge in [0.15, 0.2) is 0 Å². The van der Waals surface area contributed by atoms with Crippen molar-refractivity contribution in [3.63, 3.8) is 0 Å². The highest BCUT2D eigenvalue weighted by atomic mass is 16.5. The first-order valence-electron chi connectivity index (χ1n) is 7.24. The minimum Gasteiger partial charge on any atom is -0.463 e. The Labute approximate surface area is 112 Å². The summed E-state index contributed by atoms with van der Waals surface area (Å²) in [4.78, 5) is 11.5. The molecule has 0 rings (SSSR count). The van der Waals surface area contributed by atoms with E-state index in [1.807, 2.05) is 6.92 Å². The Hall–Kier alpha value is -0.570. The van der Waals surface area contributed by atoms with Gasteiger partial charge >= 0.3 is 5.97 Å². The molecule has 0 N–H and O–H groups in total. The van der Waals surface area contributed by atoms with Crippen molar-refractivity contribution in [2.24, 2.45) is 5.92 Å². The number of carbonyl (C=O) groups is 1. The van der Waals surface area contributed by atoms with E-state index in [9.17, 15) is 4.79 Å². The summed E-state index contributed by atoms with van der Waals surface area (Å²) in [5, 5.41) is 0. The summed E-state index contributed by atoms with van der Waals surface area (Å²) in [5.41, 5.74) is 0. The maximum atomic E-state index is 11.5. The molecule has 0 aliphatic carbocycles. The zero-order valence-corrected chi connectivity index (χ0v) is 12.5. The van der Waals surface area contributed by atoms with Crippen molar-refractivity contribution in [2.45, 2.75) is 71.8 Å². The summed E-state index contributed by atoms with van der Waals surface area (Å²) in [6.07, 6.45) is 6.89. The van der Waals surface area contributed by atoms with E-state index < -0.39 is 0 Å². The molecule has 0 aromatic heterocycles. The third-order valence-corrected chi connectivity index (χ3v) is 2.95. The third kappa shape index (κ3) is 11.9. The fraction of sp³-hybridized carbons (Fsp3) is 0.933. The molecule has 0 spiro atoms. The number of esters is 1. The summed E-state index contributed by atoms with van der Waals surface area (Å²) in [6.45, 7) is 7.21. The lowest BCUT2D eigenvalue weighted by Gasteiger charge is -2.13. The summed E-state index contributed by atoms with van der Waals surface area (Å²) >= 11 is 0. The second kappa shape index (κ2) is 11.5. The Bertz CT molecular complexity index is 202. The molecule has 0 saturated heterocycles. The standard InChI is InChI=1S/C15H30O3/c1-13(2)9-8-10-14(3)18-15(16)11-6-5-7-12-17-4/h13-14H,5-12H2,1-4H3. The Morgan fingerprint density at radius 2 is 1.72 bits per heavy atom. The number of ether oxygens (including phenoxy) is 2. The van der Waals surface area contributed by atoms with E-state index in [4.69, 9.17) is 9.47 Å². The molecule has 0 fully saturated rings. The first-order chi connectivity index (χ1) is 8.56. The van der Waals surface area contributed by atoms with Crippen LogP contribution in [0.4, 0.5) is 0 Å². The fourth-order valence-electron chi connectivity index (χ4n) is 1.85. The molecule has 0 amide bonds. The maximum Gasteiger partial charge on any atom is 0.306 e. The van der Waals surface area contributed by atoms with Crippen LogP contribution in [0, 0.1) is 5.92 Å². The minimum atomic E-state index is -0.0514. The van der Waals surface area contributed by atoms with Crippen molar-refractivity contribution < 1.29 is 14.3 Å². The molecular formula is C15H30O3. The molecule has 1 atom stereocenters. The van der Waals surface area contributed by atoms with Gasteiger partial charge in [0, 0.05) is 20.1 Å². The Morgan fingerprint density at radius 3 is 2.33 bits per heavy atom. The van der Waals surface area contributed by atoms with Crippen molar-refractivity contribution in [1.29, 1.82) is 0 Å². The minimum absolute atomic E-state index is 0.0514. The summed E-state index contributed by atoms with van der Waals surface area (Å²) in [7, 11) is 1.70. The Kier molecular flexibility index (Phi) is 11.2. The molecule has 3 nitrogen and oxygen atoms in total. The molecule has 0 heterocycles. The van der Waals surface area contributed by atoms with Crippen LogP contribution < -0.4 is 0 Å². The normalized spacial score (nSPS) is 12.7. The number of hydrogen-bond donors (Lipinski definition) is 0. The van der Waals surface area contributed by atoms with E-state index in [1.165, 1.54) is 6.42 Å². The van der Waals surface area contributed by atoms with Crippen molar-refractivity contribution in [1.82, 2.24) is 0 Å². The predicted molar refractivity (Wildman–Crippen MR) is 74.6 cm³/mol. The van der Waals surface area contributed by atoms with Gasteiger partial charge in [0.1, 0.15) is 0 Å². The summed E-state index contributed by atoms with van der Waals surface area (Å²) in [6, 6.07) is 0. The van der Waals surface area contributed by atoms with E-state index in [0.717, 1.165) is 44.6 Å². The van der Waals surface area contributed by atoms with Gasteiger partial charge in [-0.2, -0.15) is 0 Å². The smallest absolute Gasteiger partial charge is 0.306 e. The highest BCUT2D eigenvalue weighted by Crippen LogP contribution is 2.11. The quantitative estimate of drug-likeness (QED) is 0.416. The fourth-order valence-corrected chi connectivity index (χ4v) is 1.85. The van der Waals surface area contributed by atoms with Gasteiger partial charge in [-0.15, -0.1) is 0 Å². The molecule has 1 unspecified atom stereocenters. The van der Waals surface area contributed by atoms with Crippen molar-refractivity contribution in [3.05, 3.63) is 0 Å². The number of rotatable bonds is 11. The zero-order chi connectivity index (χ0) is 13.8. The second-order valence-corrected chi connectivity index (χ2v) is 5.43. The number of hydrogen-bond acceptors (Lipinski definition) is 3. The highest BCUT2D eigenvalue weighted by molar-refractivity contribution is 5.69. The van der Waals surface area contributed by atoms with Crippen molar-refractivity contribution in [3.8, 4) is 0 Å². The monoisotopic (exact) mass is 258 g/mol. The highest BCUT2D eigenvalue weighted by Gasteiger charge is 2.09. The molecular weight excluding hydrogens is 228 g/mol. The molecule has 0 saturated carbocycles. The summed E-state index contributed by atoms with van der Waals surface area (Å²) in [5.74, 6) is 0.679. The van der Waals surface area contributed by atoms with Crippen LogP contribution in [0.5, 0.6) is 0 Å². The molecule has 3 heteroatoms. The molecule has 0 aliphatic rings. The van der Waals surface area contributed by atoms with E-state index >= 15 is 0 Å². The molecule has 0 aliphatic heterocycles.